The summed E-state index contributed by atoms with van der Waals surface area (Å²) in [5.41, 5.74) is 6.33. The first-order valence-electron chi connectivity index (χ1n) is 5.93. The number of carbonyl (C=O) groups excluding carboxylic acids is 1. The van der Waals surface area contributed by atoms with E-state index in [1.165, 1.54) is 0 Å². The first-order valence-corrected chi connectivity index (χ1v) is 7.33. The average Bonchev–Trinajstić information content (AvgIpc) is 2.38. The minimum Gasteiger partial charge on any atom is -0.492 e. The molecule has 0 heterocycles. The molecule has 1 aromatic rings. The fourth-order valence-corrected chi connectivity index (χ4v) is 1.73. The summed E-state index contributed by atoms with van der Waals surface area (Å²) in [4.78, 5) is 11.6. The lowest BCUT2D eigenvalue weighted by atomic mass is 10.1. The molecule has 0 aliphatic heterocycles. The molecule has 1 amide bonds. The molecule has 100 valence electrons. The van der Waals surface area contributed by atoms with Crippen LogP contribution < -0.4 is 15.8 Å². The van der Waals surface area contributed by atoms with Crippen LogP contribution in [0.2, 0.25) is 0 Å². The van der Waals surface area contributed by atoms with Crippen LogP contribution in [0, 0.1) is 0 Å². The highest BCUT2D eigenvalue weighted by Crippen LogP contribution is 2.12. The lowest BCUT2D eigenvalue weighted by Crippen LogP contribution is -2.27. The predicted molar refractivity (Wildman–Crippen MR) is 76.1 cm³/mol. The molecule has 1 rings (SSSR count). The van der Waals surface area contributed by atoms with Gasteiger partial charge in [0.05, 0.1) is 6.42 Å². The Labute approximate surface area is 112 Å². The molecule has 0 atom stereocenters. The van der Waals surface area contributed by atoms with Gasteiger partial charge in [-0.2, -0.15) is 11.8 Å². The molecule has 0 radical (unpaired) electrons. The number of carbonyl (C=O) groups is 1. The van der Waals surface area contributed by atoms with Gasteiger partial charge < -0.3 is 15.8 Å². The van der Waals surface area contributed by atoms with Gasteiger partial charge in [-0.1, -0.05) is 12.1 Å². The van der Waals surface area contributed by atoms with E-state index in [9.17, 15) is 4.79 Å². The third kappa shape index (κ3) is 5.93. The van der Waals surface area contributed by atoms with E-state index in [1.54, 1.807) is 11.8 Å². The van der Waals surface area contributed by atoms with E-state index >= 15 is 0 Å². The van der Waals surface area contributed by atoms with Crippen LogP contribution in [0.4, 0.5) is 0 Å². The Kier molecular flexibility index (Phi) is 7.29. The van der Waals surface area contributed by atoms with Crippen molar-refractivity contribution in [2.75, 3.05) is 31.7 Å². The molecular weight excluding hydrogens is 248 g/mol. The molecule has 3 N–H and O–H groups in total. The van der Waals surface area contributed by atoms with E-state index < -0.39 is 0 Å². The monoisotopic (exact) mass is 268 g/mol. The van der Waals surface area contributed by atoms with Crippen LogP contribution in [0.15, 0.2) is 24.3 Å². The molecule has 0 aliphatic carbocycles. The van der Waals surface area contributed by atoms with Crippen LogP contribution in [-0.2, 0) is 11.2 Å². The Bertz CT molecular complexity index is 355. The van der Waals surface area contributed by atoms with Crippen LogP contribution in [-0.4, -0.2) is 37.6 Å². The van der Waals surface area contributed by atoms with E-state index in [1.807, 2.05) is 30.5 Å². The molecule has 0 saturated heterocycles. The fraction of sp³-hybridized carbons (Fsp3) is 0.462. The maximum atomic E-state index is 11.6. The summed E-state index contributed by atoms with van der Waals surface area (Å²) in [6, 6.07) is 7.53. The zero-order chi connectivity index (χ0) is 13.2. The zero-order valence-corrected chi connectivity index (χ0v) is 11.5. The number of thioether (sulfide) groups is 1. The lowest BCUT2D eigenvalue weighted by Gasteiger charge is -2.06. The van der Waals surface area contributed by atoms with Gasteiger partial charge in [0.1, 0.15) is 12.4 Å². The Hall–Kier alpha value is -1.20. The van der Waals surface area contributed by atoms with Gasteiger partial charge in [0, 0.05) is 18.8 Å². The summed E-state index contributed by atoms with van der Waals surface area (Å²) < 4.78 is 5.37. The number of nitrogens with two attached hydrogens (primary N) is 1. The second-order valence-corrected chi connectivity index (χ2v) is 4.79. The van der Waals surface area contributed by atoms with Gasteiger partial charge in [-0.25, -0.2) is 0 Å². The molecular formula is C13H20N2O2S. The Morgan fingerprint density at radius 1 is 1.39 bits per heavy atom. The van der Waals surface area contributed by atoms with Crippen molar-refractivity contribution >= 4 is 17.7 Å². The molecule has 5 heteroatoms. The average molecular weight is 268 g/mol. The molecule has 1 aromatic carbocycles. The number of hydrogen-bond donors (Lipinski definition) is 2. The maximum Gasteiger partial charge on any atom is 0.224 e. The Morgan fingerprint density at radius 3 is 2.72 bits per heavy atom. The summed E-state index contributed by atoms with van der Waals surface area (Å²) in [7, 11) is 0. The topological polar surface area (TPSA) is 64.3 Å². The van der Waals surface area contributed by atoms with Crippen LogP contribution in [0.1, 0.15) is 5.56 Å². The van der Waals surface area contributed by atoms with Crippen molar-refractivity contribution in [3.05, 3.63) is 29.8 Å². The molecule has 18 heavy (non-hydrogen) atoms. The quantitative estimate of drug-likeness (QED) is 0.692. The number of benzene rings is 1. The predicted octanol–water partition coefficient (Wildman–Crippen LogP) is 1.05. The van der Waals surface area contributed by atoms with E-state index in [-0.39, 0.29) is 5.91 Å². The van der Waals surface area contributed by atoms with Crippen LogP contribution >= 0.6 is 11.8 Å². The smallest absolute Gasteiger partial charge is 0.224 e. The highest BCUT2D eigenvalue weighted by Gasteiger charge is 2.02. The molecule has 0 spiro atoms. The van der Waals surface area contributed by atoms with Crippen LogP contribution in [0.5, 0.6) is 5.75 Å². The van der Waals surface area contributed by atoms with E-state index in [2.05, 4.69) is 5.32 Å². The number of rotatable bonds is 8. The number of ether oxygens (including phenoxy) is 1. The summed E-state index contributed by atoms with van der Waals surface area (Å²) in [5.74, 6) is 1.78. The molecule has 4 nitrogen and oxygen atoms in total. The summed E-state index contributed by atoms with van der Waals surface area (Å²) in [5, 5.41) is 2.87. The Balaban J connectivity index is 2.35. The number of amides is 1. The highest BCUT2D eigenvalue weighted by molar-refractivity contribution is 7.98. The van der Waals surface area contributed by atoms with Gasteiger partial charge in [-0.05, 0) is 24.0 Å². The Morgan fingerprint density at radius 2 is 2.11 bits per heavy atom. The third-order valence-corrected chi connectivity index (χ3v) is 2.92. The third-order valence-electron chi connectivity index (χ3n) is 2.30. The van der Waals surface area contributed by atoms with Gasteiger partial charge in [-0.3, -0.25) is 4.79 Å². The van der Waals surface area contributed by atoms with Crippen LogP contribution in [0.25, 0.3) is 0 Å². The second kappa shape index (κ2) is 8.83. The standard InChI is InChI=1S/C13H20N2O2S/c1-18-9-7-15-13(16)10-11-2-4-12(5-3-11)17-8-6-14/h2-5H,6-10,14H2,1H3,(H,15,16). The summed E-state index contributed by atoms with van der Waals surface area (Å²) in [6.07, 6.45) is 2.43. The van der Waals surface area contributed by atoms with Gasteiger partial charge in [-0.15, -0.1) is 0 Å². The molecule has 0 aromatic heterocycles. The van der Waals surface area contributed by atoms with Crippen molar-refractivity contribution in [2.24, 2.45) is 5.73 Å². The van der Waals surface area contributed by atoms with Gasteiger partial charge >= 0.3 is 0 Å². The second-order valence-electron chi connectivity index (χ2n) is 3.80. The first-order chi connectivity index (χ1) is 8.76. The van der Waals surface area contributed by atoms with Crippen molar-refractivity contribution in [1.29, 1.82) is 0 Å². The summed E-state index contributed by atoms with van der Waals surface area (Å²) in [6.45, 7) is 1.73. The molecule has 0 saturated carbocycles. The fourth-order valence-electron chi connectivity index (χ4n) is 1.42. The number of nitrogens with one attached hydrogen (secondary N) is 1. The lowest BCUT2D eigenvalue weighted by molar-refractivity contribution is -0.120. The molecule has 0 bridgehead atoms. The van der Waals surface area contributed by atoms with Gasteiger partial charge in [0.25, 0.3) is 0 Å². The van der Waals surface area contributed by atoms with Gasteiger partial charge in [0.15, 0.2) is 0 Å². The van der Waals surface area contributed by atoms with Crippen LogP contribution in [0.3, 0.4) is 0 Å². The molecule has 0 unspecified atom stereocenters. The van der Waals surface area contributed by atoms with E-state index in [0.29, 0.717) is 19.6 Å². The van der Waals surface area contributed by atoms with Crippen molar-refractivity contribution in [3.8, 4) is 5.75 Å². The largest absolute Gasteiger partial charge is 0.492 e. The molecule has 0 fully saturated rings. The number of hydrogen-bond acceptors (Lipinski definition) is 4. The van der Waals surface area contributed by atoms with E-state index in [4.69, 9.17) is 10.5 Å². The zero-order valence-electron chi connectivity index (χ0n) is 10.6. The highest BCUT2D eigenvalue weighted by atomic mass is 32.2. The van der Waals surface area contributed by atoms with Crippen molar-refractivity contribution in [2.45, 2.75) is 6.42 Å². The SMILES string of the molecule is CSCCNC(=O)Cc1ccc(OCCN)cc1. The van der Waals surface area contributed by atoms with E-state index in [0.717, 1.165) is 23.6 Å². The van der Waals surface area contributed by atoms with Gasteiger partial charge in [0.2, 0.25) is 5.91 Å². The van der Waals surface area contributed by atoms with Crippen molar-refractivity contribution < 1.29 is 9.53 Å². The van der Waals surface area contributed by atoms with Crippen molar-refractivity contribution in [1.82, 2.24) is 5.32 Å². The first kappa shape index (κ1) is 14.9. The maximum absolute atomic E-state index is 11.6. The summed E-state index contributed by atoms with van der Waals surface area (Å²) >= 11 is 1.72. The van der Waals surface area contributed by atoms with Crippen molar-refractivity contribution in [3.63, 3.8) is 0 Å². The molecule has 0 aliphatic rings. The minimum atomic E-state index is 0.0553. The minimum absolute atomic E-state index is 0.0553. The normalized spacial score (nSPS) is 10.1.